The van der Waals surface area contributed by atoms with E-state index in [1.54, 1.807) is 23.9 Å². The van der Waals surface area contributed by atoms with Crippen LogP contribution in [0, 0.1) is 6.92 Å². The van der Waals surface area contributed by atoms with Crippen LogP contribution in [0.3, 0.4) is 0 Å². The number of hydrogen-bond donors (Lipinski definition) is 1. The van der Waals surface area contributed by atoms with Gasteiger partial charge in [-0.05, 0) is 79.4 Å². The third kappa shape index (κ3) is 4.38. The van der Waals surface area contributed by atoms with E-state index in [1.807, 2.05) is 65.0 Å². The van der Waals surface area contributed by atoms with E-state index in [2.05, 4.69) is 52.7 Å². The summed E-state index contributed by atoms with van der Waals surface area (Å²) >= 11 is 7.78. The maximum atomic E-state index is 14.0. The molecule has 2 aromatic heterocycles. The minimum absolute atomic E-state index is 0.196. The van der Waals surface area contributed by atoms with Crippen molar-refractivity contribution in [1.82, 2.24) is 19.2 Å². The fourth-order valence-electron chi connectivity index (χ4n) is 5.01. The molecule has 1 atom stereocenters. The van der Waals surface area contributed by atoms with Crippen molar-refractivity contribution in [3.63, 3.8) is 0 Å². The summed E-state index contributed by atoms with van der Waals surface area (Å²) in [5, 5.41) is 8.62. The standard InChI is InChI=1S/C30H26ClN5OS/c1-20-26-19-35(30(37)32-23-14-12-22(31)13-15-23)28(21-10-16-25(38-2)17-11-21)27-9-6-18-34(27)29(26)36(33-20)24-7-4-3-5-8-24/h3-18,28H,19H2,1-2H3,(H,32,37)/t28-/m1/s1. The van der Waals surface area contributed by atoms with Gasteiger partial charge in [0.25, 0.3) is 0 Å². The lowest BCUT2D eigenvalue weighted by molar-refractivity contribution is 0.194. The highest BCUT2D eigenvalue weighted by Gasteiger charge is 2.36. The van der Waals surface area contributed by atoms with Gasteiger partial charge in [0.15, 0.2) is 0 Å². The highest BCUT2D eigenvalue weighted by atomic mass is 35.5. The number of fused-ring (bicyclic) bond motifs is 3. The maximum absolute atomic E-state index is 14.0. The van der Waals surface area contributed by atoms with Gasteiger partial charge in [-0.3, -0.25) is 0 Å². The van der Waals surface area contributed by atoms with E-state index in [0.717, 1.165) is 34.0 Å². The largest absolute Gasteiger partial charge is 0.322 e. The molecule has 0 aliphatic carbocycles. The van der Waals surface area contributed by atoms with E-state index in [0.29, 0.717) is 17.3 Å². The molecule has 1 N–H and O–H groups in total. The number of urea groups is 1. The summed E-state index contributed by atoms with van der Waals surface area (Å²) in [6.45, 7) is 2.40. The third-order valence-electron chi connectivity index (χ3n) is 6.87. The maximum Gasteiger partial charge on any atom is 0.322 e. The Labute approximate surface area is 230 Å². The molecule has 0 fully saturated rings. The number of nitrogens with zero attached hydrogens (tertiary/aromatic N) is 4. The SMILES string of the molecule is CSc1ccc([C@@H]2c3cccn3-c3c(c(C)nn3-c3ccccc3)CN2C(=O)Nc2ccc(Cl)cc2)cc1. The number of para-hydroxylation sites is 1. The first-order valence-electron chi connectivity index (χ1n) is 12.3. The lowest BCUT2D eigenvalue weighted by Gasteiger charge is -2.31. The van der Waals surface area contributed by atoms with Gasteiger partial charge >= 0.3 is 6.03 Å². The second-order valence-electron chi connectivity index (χ2n) is 9.18. The molecule has 5 aromatic rings. The van der Waals surface area contributed by atoms with Crippen LogP contribution in [0.2, 0.25) is 5.02 Å². The Hall–Kier alpha value is -3.94. The van der Waals surface area contributed by atoms with E-state index >= 15 is 0 Å². The molecular formula is C30H26ClN5OS. The monoisotopic (exact) mass is 539 g/mol. The second kappa shape index (κ2) is 10.1. The van der Waals surface area contributed by atoms with Crippen LogP contribution >= 0.6 is 23.4 Å². The topological polar surface area (TPSA) is 55.1 Å². The Morgan fingerprint density at radius 3 is 2.42 bits per heavy atom. The number of nitrogens with one attached hydrogen (secondary N) is 1. The molecule has 38 heavy (non-hydrogen) atoms. The molecule has 3 heterocycles. The van der Waals surface area contributed by atoms with Gasteiger partial charge in [-0.15, -0.1) is 11.8 Å². The van der Waals surface area contributed by atoms with Crippen molar-refractivity contribution in [2.45, 2.75) is 24.4 Å². The molecule has 1 aliphatic rings. The summed E-state index contributed by atoms with van der Waals surface area (Å²) in [4.78, 5) is 17.1. The number of halogens is 1. The summed E-state index contributed by atoms with van der Waals surface area (Å²) in [6, 6.07) is 29.3. The van der Waals surface area contributed by atoms with Crippen molar-refractivity contribution in [3.05, 3.63) is 125 Å². The Balaban J connectivity index is 1.52. The number of benzene rings is 3. The summed E-state index contributed by atoms with van der Waals surface area (Å²) in [5.74, 6) is 0.946. The number of anilines is 1. The van der Waals surface area contributed by atoms with Gasteiger partial charge in [-0.1, -0.05) is 41.9 Å². The minimum atomic E-state index is -0.316. The van der Waals surface area contributed by atoms with Crippen molar-refractivity contribution in [1.29, 1.82) is 0 Å². The average molecular weight is 540 g/mol. The highest BCUT2D eigenvalue weighted by molar-refractivity contribution is 7.98. The molecule has 1 aliphatic heterocycles. The number of hydrogen-bond acceptors (Lipinski definition) is 3. The Morgan fingerprint density at radius 1 is 0.974 bits per heavy atom. The predicted octanol–water partition coefficient (Wildman–Crippen LogP) is 7.48. The van der Waals surface area contributed by atoms with Gasteiger partial charge in [-0.2, -0.15) is 5.10 Å². The summed E-state index contributed by atoms with van der Waals surface area (Å²) in [7, 11) is 0. The second-order valence-corrected chi connectivity index (χ2v) is 10.5. The summed E-state index contributed by atoms with van der Waals surface area (Å²) in [6.07, 6.45) is 4.12. The first-order valence-corrected chi connectivity index (χ1v) is 13.9. The number of thioether (sulfide) groups is 1. The molecule has 0 spiro atoms. The molecule has 6 nitrogen and oxygen atoms in total. The van der Waals surface area contributed by atoms with Crippen LogP contribution in [-0.4, -0.2) is 31.5 Å². The first kappa shape index (κ1) is 24.4. The van der Waals surface area contributed by atoms with Gasteiger partial charge in [0.2, 0.25) is 0 Å². The van der Waals surface area contributed by atoms with Gasteiger partial charge in [0.05, 0.1) is 29.7 Å². The van der Waals surface area contributed by atoms with Crippen molar-refractivity contribution >= 4 is 35.1 Å². The van der Waals surface area contributed by atoms with E-state index < -0.39 is 0 Å². The molecule has 0 unspecified atom stereocenters. The van der Waals surface area contributed by atoms with E-state index in [4.69, 9.17) is 16.7 Å². The number of carbonyl (C=O) groups is 1. The van der Waals surface area contributed by atoms with Crippen molar-refractivity contribution in [2.75, 3.05) is 11.6 Å². The first-order chi connectivity index (χ1) is 18.5. The van der Waals surface area contributed by atoms with Crippen LogP contribution in [0.5, 0.6) is 0 Å². The van der Waals surface area contributed by atoms with E-state index in [1.165, 1.54) is 4.90 Å². The molecule has 6 rings (SSSR count). The molecule has 0 saturated carbocycles. The minimum Gasteiger partial charge on any atom is -0.308 e. The summed E-state index contributed by atoms with van der Waals surface area (Å²) < 4.78 is 4.15. The molecule has 0 bridgehead atoms. The zero-order valence-corrected chi connectivity index (χ0v) is 22.6. The number of rotatable bonds is 4. The van der Waals surface area contributed by atoms with Gasteiger partial charge in [0.1, 0.15) is 5.82 Å². The normalized spacial score (nSPS) is 14.5. The number of carbonyl (C=O) groups excluding carboxylic acids is 1. The third-order valence-corrected chi connectivity index (χ3v) is 7.87. The van der Waals surface area contributed by atoms with E-state index in [9.17, 15) is 4.79 Å². The highest BCUT2D eigenvalue weighted by Crippen LogP contribution is 2.39. The lowest BCUT2D eigenvalue weighted by atomic mass is 10.0. The molecule has 8 heteroatoms. The molecule has 2 amide bonds. The van der Waals surface area contributed by atoms with Crippen LogP contribution in [0.4, 0.5) is 10.5 Å². The Kier molecular flexibility index (Phi) is 6.47. The van der Waals surface area contributed by atoms with Crippen molar-refractivity contribution < 1.29 is 4.79 Å². The number of aromatic nitrogens is 3. The quantitative estimate of drug-likeness (QED) is 0.241. The molecule has 3 aromatic carbocycles. The molecule has 190 valence electrons. The lowest BCUT2D eigenvalue weighted by Crippen LogP contribution is -2.38. The predicted molar refractivity (Wildman–Crippen MR) is 154 cm³/mol. The van der Waals surface area contributed by atoms with Crippen LogP contribution in [0.25, 0.3) is 11.5 Å². The smallest absolute Gasteiger partial charge is 0.308 e. The zero-order chi connectivity index (χ0) is 26.2. The van der Waals surface area contributed by atoms with Crippen LogP contribution in [-0.2, 0) is 6.54 Å². The van der Waals surface area contributed by atoms with Crippen LogP contribution in [0.1, 0.15) is 28.6 Å². The molecule has 0 saturated heterocycles. The number of aryl methyl sites for hydroxylation is 1. The Bertz CT molecular complexity index is 1590. The van der Waals surface area contributed by atoms with E-state index in [-0.39, 0.29) is 12.1 Å². The number of amides is 2. The van der Waals surface area contributed by atoms with Crippen molar-refractivity contribution in [3.8, 4) is 11.5 Å². The Morgan fingerprint density at radius 2 is 1.71 bits per heavy atom. The zero-order valence-electron chi connectivity index (χ0n) is 21.0. The van der Waals surface area contributed by atoms with Crippen molar-refractivity contribution in [2.24, 2.45) is 0 Å². The van der Waals surface area contributed by atoms with Gasteiger partial charge in [0, 0.05) is 27.4 Å². The average Bonchev–Trinajstić information content (AvgIpc) is 3.51. The van der Waals surface area contributed by atoms with Crippen LogP contribution in [0.15, 0.2) is 102 Å². The van der Waals surface area contributed by atoms with Crippen LogP contribution < -0.4 is 5.32 Å². The van der Waals surface area contributed by atoms with Gasteiger partial charge in [-0.25, -0.2) is 9.48 Å². The van der Waals surface area contributed by atoms with Gasteiger partial charge < -0.3 is 14.8 Å². The summed E-state index contributed by atoms with van der Waals surface area (Å²) in [5.41, 5.74) is 5.57. The fraction of sp³-hybridized carbons (Fsp3) is 0.133. The fourth-order valence-corrected chi connectivity index (χ4v) is 5.55. The molecule has 0 radical (unpaired) electrons. The molecular weight excluding hydrogens is 514 g/mol.